The van der Waals surface area contributed by atoms with Gasteiger partial charge in [-0.3, -0.25) is 4.98 Å². The third-order valence-corrected chi connectivity index (χ3v) is 3.10. The maximum Gasteiger partial charge on any atom is 0.0934 e. The van der Waals surface area contributed by atoms with E-state index in [1.54, 1.807) is 11.3 Å². The van der Waals surface area contributed by atoms with Crippen molar-refractivity contribution in [3.8, 4) is 10.6 Å². The first-order valence-electron chi connectivity index (χ1n) is 5.12. The summed E-state index contributed by atoms with van der Waals surface area (Å²) in [6, 6.07) is 5.95. The summed E-state index contributed by atoms with van der Waals surface area (Å²) in [6.07, 6.45) is 4.79. The van der Waals surface area contributed by atoms with E-state index in [0.717, 1.165) is 17.0 Å². The number of nitrogens with zero attached hydrogens (tertiary/aromatic N) is 2. The Balaban J connectivity index is 2.21. The van der Waals surface area contributed by atoms with Crippen LogP contribution in [0.5, 0.6) is 0 Å². The van der Waals surface area contributed by atoms with Crippen LogP contribution >= 0.6 is 11.3 Å². The Morgan fingerprint density at radius 1 is 1.27 bits per heavy atom. The Kier molecular flexibility index (Phi) is 3.11. The predicted molar refractivity (Wildman–Crippen MR) is 63.9 cm³/mol. The van der Waals surface area contributed by atoms with E-state index in [1.807, 2.05) is 30.6 Å². The molecule has 3 heteroatoms. The standard InChI is InChI=1S/C12H14N2S/c1-9(2)7-12-14-8-11(15-12)10-5-3-4-6-13-10/h3-6,8-9H,7H2,1-2H3. The van der Waals surface area contributed by atoms with Gasteiger partial charge < -0.3 is 0 Å². The third kappa shape index (κ3) is 2.63. The normalized spacial score (nSPS) is 10.9. The number of hydrogen-bond acceptors (Lipinski definition) is 3. The molecule has 0 saturated carbocycles. The molecule has 0 unspecified atom stereocenters. The molecule has 15 heavy (non-hydrogen) atoms. The SMILES string of the molecule is CC(C)Cc1ncc(-c2ccccn2)s1. The van der Waals surface area contributed by atoms with Crippen LogP contribution < -0.4 is 0 Å². The summed E-state index contributed by atoms with van der Waals surface area (Å²) < 4.78 is 0. The minimum absolute atomic E-state index is 0.660. The molecule has 0 saturated heterocycles. The fraction of sp³-hybridized carbons (Fsp3) is 0.333. The van der Waals surface area contributed by atoms with Gasteiger partial charge in [-0.2, -0.15) is 0 Å². The molecule has 78 valence electrons. The van der Waals surface area contributed by atoms with Crippen molar-refractivity contribution in [2.75, 3.05) is 0 Å². The number of pyridine rings is 1. The van der Waals surface area contributed by atoms with Crippen molar-refractivity contribution in [3.63, 3.8) is 0 Å². The maximum atomic E-state index is 4.41. The van der Waals surface area contributed by atoms with Crippen molar-refractivity contribution in [1.82, 2.24) is 9.97 Å². The summed E-state index contributed by atoms with van der Waals surface area (Å²) in [7, 11) is 0. The molecular formula is C12H14N2S. The molecule has 0 bridgehead atoms. The first kappa shape index (κ1) is 10.3. The van der Waals surface area contributed by atoms with E-state index in [9.17, 15) is 0 Å². The van der Waals surface area contributed by atoms with E-state index in [0.29, 0.717) is 5.92 Å². The molecule has 0 radical (unpaired) electrons. The highest BCUT2D eigenvalue weighted by Crippen LogP contribution is 2.25. The van der Waals surface area contributed by atoms with Crippen molar-refractivity contribution in [1.29, 1.82) is 0 Å². The first-order valence-corrected chi connectivity index (χ1v) is 5.93. The Hall–Kier alpha value is -1.22. The fourth-order valence-corrected chi connectivity index (χ4v) is 2.49. The largest absolute Gasteiger partial charge is 0.255 e. The summed E-state index contributed by atoms with van der Waals surface area (Å²) >= 11 is 1.74. The van der Waals surface area contributed by atoms with Crippen LogP contribution in [-0.4, -0.2) is 9.97 Å². The van der Waals surface area contributed by atoms with E-state index in [4.69, 9.17) is 0 Å². The van der Waals surface area contributed by atoms with Crippen molar-refractivity contribution in [3.05, 3.63) is 35.6 Å². The molecule has 0 aliphatic carbocycles. The van der Waals surface area contributed by atoms with Crippen molar-refractivity contribution >= 4 is 11.3 Å². The lowest BCUT2D eigenvalue weighted by Crippen LogP contribution is -1.91. The molecule has 0 spiro atoms. The summed E-state index contributed by atoms with van der Waals surface area (Å²) in [4.78, 5) is 9.88. The highest BCUT2D eigenvalue weighted by Gasteiger charge is 2.06. The second kappa shape index (κ2) is 4.53. The molecule has 2 aromatic rings. The van der Waals surface area contributed by atoms with Crippen LogP contribution in [0.3, 0.4) is 0 Å². The highest BCUT2D eigenvalue weighted by molar-refractivity contribution is 7.15. The first-order chi connectivity index (χ1) is 7.25. The van der Waals surface area contributed by atoms with Gasteiger partial charge in [0.15, 0.2) is 0 Å². The Bertz CT molecular complexity index is 420. The molecule has 0 amide bonds. The van der Waals surface area contributed by atoms with Gasteiger partial charge in [-0.25, -0.2) is 4.98 Å². The second-order valence-corrected chi connectivity index (χ2v) is 5.05. The molecule has 2 heterocycles. The van der Waals surface area contributed by atoms with E-state index in [2.05, 4.69) is 23.8 Å². The summed E-state index contributed by atoms with van der Waals surface area (Å²) in [6.45, 7) is 4.42. The van der Waals surface area contributed by atoms with Gasteiger partial charge in [0.25, 0.3) is 0 Å². The predicted octanol–water partition coefficient (Wildman–Crippen LogP) is 3.40. The van der Waals surface area contributed by atoms with Gasteiger partial charge >= 0.3 is 0 Å². The molecule has 0 atom stereocenters. The molecule has 2 nitrogen and oxygen atoms in total. The number of rotatable bonds is 3. The van der Waals surface area contributed by atoms with Gasteiger partial charge in [0.1, 0.15) is 0 Å². The highest BCUT2D eigenvalue weighted by atomic mass is 32.1. The minimum atomic E-state index is 0.660. The zero-order chi connectivity index (χ0) is 10.7. The van der Waals surface area contributed by atoms with Gasteiger partial charge in [-0.15, -0.1) is 11.3 Å². The molecule has 2 aromatic heterocycles. The average molecular weight is 218 g/mol. The summed E-state index contributed by atoms with van der Waals surface area (Å²) in [5.74, 6) is 0.660. The van der Waals surface area contributed by atoms with E-state index >= 15 is 0 Å². The zero-order valence-electron chi connectivity index (χ0n) is 8.97. The van der Waals surface area contributed by atoms with Gasteiger partial charge in [-0.1, -0.05) is 19.9 Å². The van der Waals surface area contributed by atoms with Crippen LogP contribution in [0.15, 0.2) is 30.6 Å². The van der Waals surface area contributed by atoms with Crippen LogP contribution in [0.4, 0.5) is 0 Å². The smallest absolute Gasteiger partial charge is 0.0934 e. The molecule has 0 fully saturated rings. The molecule has 2 rings (SSSR count). The van der Waals surface area contributed by atoms with Gasteiger partial charge in [0.2, 0.25) is 0 Å². The minimum Gasteiger partial charge on any atom is -0.255 e. The van der Waals surface area contributed by atoms with Crippen molar-refractivity contribution < 1.29 is 0 Å². The number of hydrogen-bond donors (Lipinski definition) is 0. The molecule has 0 aliphatic rings. The number of aromatic nitrogens is 2. The summed E-state index contributed by atoms with van der Waals surface area (Å²) in [5, 5.41) is 1.20. The monoisotopic (exact) mass is 218 g/mol. The fourth-order valence-electron chi connectivity index (χ4n) is 1.38. The second-order valence-electron chi connectivity index (χ2n) is 3.93. The Morgan fingerprint density at radius 2 is 2.13 bits per heavy atom. The maximum absolute atomic E-state index is 4.41. The quantitative estimate of drug-likeness (QED) is 0.789. The van der Waals surface area contributed by atoms with Crippen molar-refractivity contribution in [2.45, 2.75) is 20.3 Å². The van der Waals surface area contributed by atoms with Gasteiger partial charge in [-0.05, 0) is 18.1 Å². The molecule has 0 aromatic carbocycles. The van der Waals surface area contributed by atoms with E-state index in [1.165, 1.54) is 5.01 Å². The van der Waals surface area contributed by atoms with Crippen LogP contribution in [-0.2, 0) is 6.42 Å². The lowest BCUT2D eigenvalue weighted by atomic mass is 10.1. The molecule has 0 N–H and O–H groups in total. The van der Waals surface area contributed by atoms with E-state index < -0.39 is 0 Å². The van der Waals surface area contributed by atoms with Crippen molar-refractivity contribution in [2.24, 2.45) is 5.92 Å². The van der Waals surface area contributed by atoms with E-state index in [-0.39, 0.29) is 0 Å². The van der Waals surface area contributed by atoms with Crippen LogP contribution in [0.1, 0.15) is 18.9 Å². The number of thiazole rings is 1. The topological polar surface area (TPSA) is 25.8 Å². The molecule has 0 aliphatic heterocycles. The Labute approximate surface area is 94.0 Å². The average Bonchev–Trinajstić information content (AvgIpc) is 2.67. The summed E-state index contributed by atoms with van der Waals surface area (Å²) in [5.41, 5.74) is 1.02. The lowest BCUT2D eigenvalue weighted by molar-refractivity contribution is 0.644. The van der Waals surface area contributed by atoms with Crippen LogP contribution in [0.25, 0.3) is 10.6 Å². The lowest BCUT2D eigenvalue weighted by Gasteiger charge is -1.98. The Morgan fingerprint density at radius 3 is 2.80 bits per heavy atom. The third-order valence-electron chi connectivity index (χ3n) is 2.05. The molecular weight excluding hydrogens is 204 g/mol. The van der Waals surface area contributed by atoms with Crippen LogP contribution in [0.2, 0.25) is 0 Å². The zero-order valence-corrected chi connectivity index (χ0v) is 9.79. The van der Waals surface area contributed by atoms with Gasteiger partial charge in [0.05, 0.1) is 15.6 Å². The van der Waals surface area contributed by atoms with Crippen LogP contribution in [0, 0.1) is 5.92 Å². The van der Waals surface area contributed by atoms with Gasteiger partial charge in [0, 0.05) is 18.8 Å².